The summed E-state index contributed by atoms with van der Waals surface area (Å²) in [6.07, 6.45) is 1.74. The summed E-state index contributed by atoms with van der Waals surface area (Å²) in [4.78, 5) is 0.371. The maximum atomic E-state index is 12.8. The molecule has 0 radical (unpaired) electrons. The lowest BCUT2D eigenvalue weighted by Gasteiger charge is -2.19. The van der Waals surface area contributed by atoms with E-state index in [-0.39, 0.29) is 0 Å². The molecule has 0 fully saturated rings. The van der Waals surface area contributed by atoms with Crippen molar-refractivity contribution < 1.29 is 8.42 Å². The van der Waals surface area contributed by atoms with Crippen molar-refractivity contribution in [1.82, 2.24) is 14.1 Å². The lowest BCUT2D eigenvalue weighted by molar-refractivity contribution is 0.465. The van der Waals surface area contributed by atoms with E-state index in [1.54, 1.807) is 19.3 Å². The Balaban J connectivity index is 2.33. The van der Waals surface area contributed by atoms with Crippen LogP contribution in [-0.2, 0) is 23.1 Å². The van der Waals surface area contributed by atoms with Crippen LogP contribution < -0.4 is 0 Å². The van der Waals surface area contributed by atoms with Crippen LogP contribution >= 0.6 is 0 Å². The van der Waals surface area contributed by atoms with Gasteiger partial charge in [-0.15, -0.1) is 0 Å². The minimum atomic E-state index is -3.51. The second-order valence-corrected chi connectivity index (χ2v) is 7.61. The number of hydrogen-bond donors (Lipinski definition) is 0. The maximum Gasteiger partial charge on any atom is 0.243 e. The van der Waals surface area contributed by atoms with Crippen molar-refractivity contribution in [3.63, 3.8) is 0 Å². The van der Waals surface area contributed by atoms with Crippen molar-refractivity contribution in [1.29, 1.82) is 0 Å². The number of aryl methyl sites for hydroxylation is 3. The van der Waals surface area contributed by atoms with Crippen molar-refractivity contribution in [2.45, 2.75) is 45.7 Å². The minimum absolute atomic E-state index is 0.321. The Bertz CT molecular complexity index is 779. The second-order valence-electron chi connectivity index (χ2n) is 5.60. The number of nitrogens with zero attached hydrogens (tertiary/aromatic N) is 3. The topological polar surface area (TPSA) is 55.2 Å². The van der Waals surface area contributed by atoms with Crippen molar-refractivity contribution in [3.05, 3.63) is 46.8 Å². The standard InChI is InChI=1S/C16H23N3O2S/c1-6-19-14(4)15(10-17-19)11-18(5)22(20,21)16-9-12(2)7-8-13(16)3/h7-10H,6,11H2,1-5H3. The summed E-state index contributed by atoms with van der Waals surface area (Å²) in [6.45, 7) is 8.79. The Morgan fingerprint density at radius 1 is 1.23 bits per heavy atom. The van der Waals surface area contributed by atoms with Gasteiger partial charge in [-0.05, 0) is 44.9 Å². The molecule has 0 spiro atoms. The van der Waals surface area contributed by atoms with Crippen LogP contribution in [0.1, 0.15) is 29.3 Å². The zero-order chi connectivity index (χ0) is 16.5. The molecule has 0 aliphatic carbocycles. The fraction of sp³-hybridized carbons (Fsp3) is 0.438. The molecule has 0 aliphatic heterocycles. The normalized spacial score (nSPS) is 12.1. The van der Waals surface area contributed by atoms with E-state index in [1.165, 1.54) is 4.31 Å². The average molecular weight is 321 g/mol. The van der Waals surface area contributed by atoms with E-state index in [2.05, 4.69) is 5.10 Å². The van der Waals surface area contributed by atoms with Crippen molar-refractivity contribution in [2.75, 3.05) is 7.05 Å². The third-order valence-corrected chi connectivity index (χ3v) is 5.87. The molecular weight excluding hydrogens is 298 g/mol. The van der Waals surface area contributed by atoms with Gasteiger partial charge in [0.1, 0.15) is 0 Å². The van der Waals surface area contributed by atoms with E-state index in [0.29, 0.717) is 11.4 Å². The summed E-state index contributed by atoms with van der Waals surface area (Å²) in [6, 6.07) is 5.49. The van der Waals surface area contributed by atoms with Gasteiger partial charge in [0, 0.05) is 31.4 Å². The lowest BCUT2D eigenvalue weighted by Crippen LogP contribution is -2.27. The summed E-state index contributed by atoms with van der Waals surface area (Å²) < 4.78 is 28.8. The molecule has 0 saturated carbocycles. The molecule has 120 valence electrons. The van der Waals surface area contributed by atoms with E-state index in [1.807, 2.05) is 44.5 Å². The smallest absolute Gasteiger partial charge is 0.243 e. The molecule has 0 amide bonds. The Kier molecular flexibility index (Phi) is 4.72. The molecule has 2 aromatic rings. The van der Waals surface area contributed by atoms with Crippen LogP contribution in [0.15, 0.2) is 29.3 Å². The summed E-state index contributed by atoms with van der Waals surface area (Å²) in [7, 11) is -1.90. The molecule has 22 heavy (non-hydrogen) atoms. The molecule has 0 atom stereocenters. The molecule has 2 rings (SSSR count). The molecular formula is C16H23N3O2S. The van der Waals surface area contributed by atoms with Gasteiger partial charge in [0.05, 0.1) is 11.1 Å². The molecule has 6 heteroatoms. The zero-order valence-electron chi connectivity index (χ0n) is 13.8. The predicted octanol–water partition coefficient (Wildman–Crippen LogP) is 2.65. The quantitative estimate of drug-likeness (QED) is 0.851. The van der Waals surface area contributed by atoms with Gasteiger partial charge in [0.2, 0.25) is 10.0 Å². The van der Waals surface area contributed by atoms with Crippen molar-refractivity contribution >= 4 is 10.0 Å². The van der Waals surface area contributed by atoms with Crippen LogP contribution in [0.4, 0.5) is 0 Å². The number of aromatic nitrogens is 2. The Morgan fingerprint density at radius 3 is 2.50 bits per heavy atom. The van der Waals surface area contributed by atoms with E-state index < -0.39 is 10.0 Å². The summed E-state index contributed by atoms with van der Waals surface area (Å²) in [5.41, 5.74) is 3.63. The van der Waals surface area contributed by atoms with Gasteiger partial charge in [0.15, 0.2) is 0 Å². The molecule has 0 saturated heterocycles. The minimum Gasteiger partial charge on any atom is -0.270 e. The molecule has 0 aliphatic rings. The van der Waals surface area contributed by atoms with Crippen LogP contribution in [0.25, 0.3) is 0 Å². The Hall–Kier alpha value is -1.66. The highest BCUT2D eigenvalue weighted by Gasteiger charge is 2.24. The van der Waals surface area contributed by atoms with E-state index >= 15 is 0 Å². The number of sulfonamides is 1. The van der Waals surface area contributed by atoms with Crippen LogP contribution in [0.5, 0.6) is 0 Å². The molecule has 0 unspecified atom stereocenters. The zero-order valence-corrected chi connectivity index (χ0v) is 14.6. The van der Waals surface area contributed by atoms with Crippen LogP contribution in [0.3, 0.4) is 0 Å². The largest absolute Gasteiger partial charge is 0.270 e. The van der Waals surface area contributed by atoms with Crippen LogP contribution in [-0.4, -0.2) is 29.6 Å². The highest BCUT2D eigenvalue weighted by Crippen LogP contribution is 2.22. The molecule has 0 N–H and O–H groups in total. The van der Waals surface area contributed by atoms with E-state index in [0.717, 1.165) is 28.9 Å². The van der Waals surface area contributed by atoms with Gasteiger partial charge in [-0.2, -0.15) is 9.40 Å². The Morgan fingerprint density at radius 2 is 1.91 bits per heavy atom. The first-order valence-electron chi connectivity index (χ1n) is 7.32. The molecule has 1 aromatic carbocycles. The molecule has 1 heterocycles. The third-order valence-electron chi connectivity index (χ3n) is 3.93. The highest BCUT2D eigenvalue weighted by atomic mass is 32.2. The monoisotopic (exact) mass is 321 g/mol. The van der Waals surface area contributed by atoms with Gasteiger partial charge >= 0.3 is 0 Å². The first kappa shape index (κ1) is 16.7. The average Bonchev–Trinajstić information content (AvgIpc) is 2.82. The number of benzene rings is 1. The van der Waals surface area contributed by atoms with E-state index in [9.17, 15) is 8.42 Å². The fourth-order valence-corrected chi connectivity index (χ4v) is 3.89. The summed E-state index contributed by atoms with van der Waals surface area (Å²) >= 11 is 0. The maximum absolute atomic E-state index is 12.8. The van der Waals surface area contributed by atoms with E-state index in [4.69, 9.17) is 0 Å². The Labute approximate surface area is 132 Å². The lowest BCUT2D eigenvalue weighted by atomic mass is 10.2. The van der Waals surface area contributed by atoms with Gasteiger partial charge < -0.3 is 0 Å². The van der Waals surface area contributed by atoms with Gasteiger partial charge in [-0.1, -0.05) is 12.1 Å². The third kappa shape index (κ3) is 3.08. The highest BCUT2D eigenvalue weighted by molar-refractivity contribution is 7.89. The SMILES string of the molecule is CCn1ncc(CN(C)S(=O)(=O)c2cc(C)ccc2C)c1C. The number of hydrogen-bond acceptors (Lipinski definition) is 3. The molecule has 5 nitrogen and oxygen atoms in total. The first-order valence-corrected chi connectivity index (χ1v) is 8.76. The summed E-state index contributed by atoms with van der Waals surface area (Å²) in [5.74, 6) is 0. The van der Waals surface area contributed by atoms with Crippen LogP contribution in [0.2, 0.25) is 0 Å². The van der Waals surface area contributed by atoms with Gasteiger partial charge in [0.25, 0.3) is 0 Å². The van der Waals surface area contributed by atoms with Crippen molar-refractivity contribution in [3.8, 4) is 0 Å². The van der Waals surface area contributed by atoms with Crippen molar-refractivity contribution in [2.24, 2.45) is 0 Å². The number of rotatable bonds is 5. The van der Waals surface area contributed by atoms with Crippen LogP contribution in [0, 0.1) is 20.8 Å². The fourth-order valence-electron chi connectivity index (χ4n) is 2.44. The van der Waals surface area contributed by atoms with Gasteiger partial charge in [-0.25, -0.2) is 8.42 Å². The second kappa shape index (κ2) is 6.22. The molecule has 1 aromatic heterocycles. The molecule has 0 bridgehead atoms. The predicted molar refractivity (Wildman–Crippen MR) is 87.2 cm³/mol. The van der Waals surface area contributed by atoms with Gasteiger partial charge in [-0.3, -0.25) is 4.68 Å². The first-order chi connectivity index (χ1) is 10.3. The summed E-state index contributed by atoms with van der Waals surface area (Å²) in [5, 5.41) is 4.27.